The Morgan fingerprint density at radius 3 is 1.74 bits per heavy atom. The van der Waals surface area contributed by atoms with Gasteiger partial charge in [0, 0.05) is 0 Å². The van der Waals surface area contributed by atoms with Gasteiger partial charge in [-0.25, -0.2) is 0 Å². The van der Waals surface area contributed by atoms with Gasteiger partial charge in [0.2, 0.25) is 0 Å². The predicted molar refractivity (Wildman–Crippen MR) is 147 cm³/mol. The predicted octanol–water partition coefficient (Wildman–Crippen LogP) is 10.3. The van der Waals surface area contributed by atoms with E-state index < -0.39 is 0 Å². The van der Waals surface area contributed by atoms with Gasteiger partial charge in [0.15, 0.2) is 0 Å². The zero-order valence-corrected chi connectivity index (χ0v) is 22.7. The third-order valence-corrected chi connectivity index (χ3v) is 10.2. The molecule has 1 aromatic carbocycles. The maximum Gasteiger partial charge on any atom is 0.119 e. The summed E-state index contributed by atoms with van der Waals surface area (Å²) in [6, 6.07) is 9.07. The van der Waals surface area contributed by atoms with Crippen LogP contribution in [0.2, 0.25) is 0 Å². The largest absolute Gasteiger partial charge is 0.494 e. The highest BCUT2D eigenvalue weighted by Gasteiger charge is 2.34. The van der Waals surface area contributed by atoms with Crippen molar-refractivity contribution in [2.75, 3.05) is 13.3 Å². The molecule has 3 fully saturated rings. The van der Waals surface area contributed by atoms with Crippen molar-refractivity contribution in [3.05, 3.63) is 29.8 Å². The summed E-state index contributed by atoms with van der Waals surface area (Å²) in [4.78, 5) is 0. The van der Waals surface area contributed by atoms with E-state index in [0.717, 1.165) is 67.1 Å². The van der Waals surface area contributed by atoms with E-state index in [1.165, 1.54) is 102 Å². The van der Waals surface area contributed by atoms with E-state index in [-0.39, 0.29) is 6.67 Å². The number of rotatable bonds is 12. The Morgan fingerprint density at radius 2 is 1.20 bits per heavy atom. The first kappa shape index (κ1) is 27.0. The summed E-state index contributed by atoms with van der Waals surface area (Å²) in [5.41, 5.74) is 1.54. The first-order valence-corrected chi connectivity index (χ1v) is 15.6. The SMILES string of the molecule is CCCCCOc1ccc([C@H]2CC[C@H]([C@H]3CC[C@H]([C@H]4CC[C@H](CCCCF)CC4)CC3)CC2)cc1. The second kappa shape index (κ2) is 14.6. The summed E-state index contributed by atoms with van der Waals surface area (Å²) in [5, 5.41) is 0. The third kappa shape index (κ3) is 8.22. The Hall–Kier alpha value is -1.05. The van der Waals surface area contributed by atoms with Crippen LogP contribution in [0.4, 0.5) is 4.39 Å². The summed E-state index contributed by atoms with van der Waals surface area (Å²) in [7, 11) is 0. The quantitative estimate of drug-likeness (QED) is 0.268. The van der Waals surface area contributed by atoms with Gasteiger partial charge in [0.05, 0.1) is 13.3 Å². The molecule has 0 amide bonds. The standard InChI is InChI=1S/C33H53FO/c1-2-3-6-25-35-33-22-20-32(21-23-33)31-18-16-30(17-19-31)29-14-12-28(13-15-29)27-10-8-26(9-11-27)7-4-5-24-34/h20-23,26-31H,2-19,24-25H2,1H3/t26-,27-,28-,29-,30-,31-. The number of ether oxygens (including phenoxy) is 1. The maximum atomic E-state index is 12.4. The molecule has 0 heterocycles. The number of hydrogen-bond donors (Lipinski definition) is 0. The molecule has 1 nitrogen and oxygen atoms in total. The molecule has 3 aliphatic rings. The molecule has 2 heteroatoms. The maximum absolute atomic E-state index is 12.4. The van der Waals surface area contributed by atoms with Gasteiger partial charge in [-0.05, 0) is 130 Å². The molecule has 3 aliphatic carbocycles. The van der Waals surface area contributed by atoms with Gasteiger partial charge in [-0.2, -0.15) is 0 Å². The Balaban J connectivity index is 1.12. The second-order valence-electron chi connectivity index (χ2n) is 12.4. The number of benzene rings is 1. The van der Waals surface area contributed by atoms with Crippen LogP contribution in [0.1, 0.15) is 134 Å². The van der Waals surface area contributed by atoms with Gasteiger partial charge in [0.1, 0.15) is 5.75 Å². The molecule has 0 bridgehead atoms. The smallest absolute Gasteiger partial charge is 0.119 e. The van der Waals surface area contributed by atoms with E-state index in [2.05, 4.69) is 31.2 Å². The van der Waals surface area contributed by atoms with Crippen molar-refractivity contribution in [3.63, 3.8) is 0 Å². The van der Waals surface area contributed by atoms with Crippen molar-refractivity contribution >= 4 is 0 Å². The summed E-state index contributed by atoms with van der Waals surface area (Å²) < 4.78 is 18.3. The Bertz CT molecular complexity index is 676. The molecule has 1 aromatic rings. The monoisotopic (exact) mass is 484 g/mol. The molecule has 198 valence electrons. The first-order chi connectivity index (χ1) is 17.3. The van der Waals surface area contributed by atoms with E-state index in [1.54, 1.807) is 0 Å². The summed E-state index contributed by atoms with van der Waals surface area (Å²) in [6.07, 6.45) is 24.3. The van der Waals surface area contributed by atoms with Gasteiger partial charge < -0.3 is 4.74 Å². The fourth-order valence-corrected chi connectivity index (χ4v) is 7.87. The molecule has 0 saturated heterocycles. The van der Waals surface area contributed by atoms with E-state index in [4.69, 9.17) is 4.74 Å². The van der Waals surface area contributed by atoms with Crippen LogP contribution in [0, 0.1) is 29.6 Å². The number of alkyl halides is 1. The second-order valence-corrected chi connectivity index (χ2v) is 12.4. The van der Waals surface area contributed by atoms with Crippen molar-refractivity contribution in [2.24, 2.45) is 29.6 Å². The Kier molecular flexibility index (Phi) is 11.3. The molecular formula is C33H53FO. The van der Waals surface area contributed by atoms with Crippen LogP contribution in [0.25, 0.3) is 0 Å². The summed E-state index contributed by atoms with van der Waals surface area (Å²) in [6.45, 7) is 2.97. The van der Waals surface area contributed by atoms with Crippen LogP contribution in [0.15, 0.2) is 24.3 Å². The Morgan fingerprint density at radius 1 is 0.657 bits per heavy atom. The molecular weight excluding hydrogens is 431 g/mol. The van der Waals surface area contributed by atoms with Crippen molar-refractivity contribution in [3.8, 4) is 5.75 Å². The number of halogens is 1. The minimum atomic E-state index is -0.123. The number of hydrogen-bond acceptors (Lipinski definition) is 1. The fraction of sp³-hybridized carbons (Fsp3) is 0.818. The van der Waals surface area contributed by atoms with Crippen LogP contribution in [-0.2, 0) is 0 Å². The number of unbranched alkanes of at least 4 members (excludes halogenated alkanes) is 3. The molecule has 0 unspecified atom stereocenters. The minimum Gasteiger partial charge on any atom is -0.494 e. The minimum absolute atomic E-state index is 0.123. The van der Waals surface area contributed by atoms with E-state index >= 15 is 0 Å². The third-order valence-electron chi connectivity index (χ3n) is 10.2. The molecule has 4 rings (SSSR count). The lowest BCUT2D eigenvalue weighted by molar-refractivity contribution is 0.108. The molecule has 0 aromatic heterocycles. The summed E-state index contributed by atoms with van der Waals surface area (Å²) in [5.74, 6) is 6.71. The Labute approximate surface area is 216 Å². The molecule has 35 heavy (non-hydrogen) atoms. The lowest BCUT2D eigenvalue weighted by Gasteiger charge is -2.41. The van der Waals surface area contributed by atoms with Crippen LogP contribution in [0.3, 0.4) is 0 Å². The van der Waals surface area contributed by atoms with Crippen molar-refractivity contribution < 1.29 is 9.13 Å². The fourth-order valence-electron chi connectivity index (χ4n) is 7.87. The lowest BCUT2D eigenvalue weighted by Crippen LogP contribution is -2.29. The molecule has 0 radical (unpaired) electrons. The van der Waals surface area contributed by atoms with Gasteiger partial charge in [-0.3, -0.25) is 4.39 Å². The summed E-state index contributed by atoms with van der Waals surface area (Å²) >= 11 is 0. The lowest BCUT2D eigenvalue weighted by atomic mass is 9.64. The zero-order chi connectivity index (χ0) is 24.3. The molecule has 0 N–H and O–H groups in total. The first-order valence-electron chi connectivity index (χ1n) is 15.6. The van der Waals surface area contributed by atoms with Crippen LogP contribution < -0.4 is 4.74 Å². The van der Waals surface area contributed by atoms with E-state index in [9.17, 15) is 4.39 Å². The topological polar surface area (TPSA) is 9.23 Å². The molecule has 3 saturated carbocycles. The molecule has 0 atom stereocenters. The average molecular weight is 485 g/mol. The van der Waals surface area contributed by atoms with Gasteiger partial charge in [0.25, 0.3) is 0 Å². The van der Waals surface area contributed by atoms with Crippen molar-refractivity contribution in [2.45, 2.75) is 128 Å². The van der Waals surface area contributed by atoms with Gasteiger partial charge >= 0.3 is 0 Å². The van der Waals surface area contributed by atoms with Gasteiger partial charge in [-0.1, -0.05) is 57.6 Å². The normalized spacial score (nSPS) is 31.8. The van der Waals surface area contributed by atoms with Crippen molar-refractivity contribution in [1.82, 2.24) is 0 Å². The molecule has 0 spiro atoms. The van der Waals surface area contributed by atoms with Crippen molar-refractivity contribution in [1.29, 1.82) is 0 Å². The van der Waals surface area contributed by atoms with Gasteiger partial charge in [-0.15, -0.1) is 0 Å². The zero-order valence-electron chi connectivity index (χ0n) is 22.7. The highest BCUT2D eigenvalue weighted by molar-refractivity contribution is 5.29. The highest BCUT2D eigenvalue weighted by Crippen LogP contribution is 2.47. The van der Waals surface area contributed by atoms with Crippen LogP contribution >= 0.6 is 0 Å². The van der Waals surface area contributed by atoms with Crippen LogP contribution in [0.5, 0.6) is 5.75 Å². The average Bonchev–Trinajstić information content (AvgIpc) is 2.92. The van der Waals surface area contributed by atoms with Crippen LogP contribution in [-0.4, -0.2) is 13.3 Å². The van der Waals surface area contributed by atoms with E-state index in [0.29, 0.717) is 0 Å². The highest BCUT2D eigenvalue weighted by atomic mass is 19.1. The van der Waals surface area contributed by atoms with E-state index in [1.807, 2.05) is 0 Å². The molecule has 0 aliphatic heterocycles.